The molecule has 5 nitrogen and oxygen atoms in total. The summed E-state index contributed by atoms with van der Waals surface area (Å²) >= 11 is 6.57. The molecule has 0 aromatic heterocycles. The first-order valence-corrected chi connectivity index (χ1v) is 9.60. The minimum Gasteiger partial charge on any atom is -0.369 e. The van der Waals surface area contributed by atoms with Gasteiger partial charge in [-0.25, -0.2) is 8.42 Å². The average Bonchev–Trinajstić information content (AvgIpc) is 2.88. The number of hydrogen-bond donors (Lipinski definition) is 1. The number of nitrogens with zero attached hydrogens (tertiary/aromatic N) is 1. The molecule has 0 unspecified atom stereocenters. The van der Waals surface area contributed by atoms with Crippen LogP contribution in [0.4, 0.5) is 0 Å². The van der Waals surface area contributed by atoms with Crippen LogP contribution in [0.25, 0.3) is 0 Å². The van der Waals surface area contributed by atoms with Crippen molar-refractivity contribution in [3.8, 4) is 0 Å². The average molecular weight is 440 g/mol. The van der Waals surface area contributed by atoms with Gasteiger partial charge in [-0.3, -0.25) is 4.79 Å². The van der Waals surface area contributed by atoms with Crippen molar-refractivity contribution >= 4 is 47.8 Å². The molecule has 8 heteroatoms. The molecule has 1 aliphatic rings. The van der Waals surface area contributed by atoms with Gasteiger partial charge in [0.05, 0.1) is 11.4 Å². The summed E-state index contributed by atoms with van der Waals surface area (Å²) in [7, 11) is -3.76. The highest BCUT2D eigenvalue weighted by molar-refractivity contribution is 9.11. The van der Waals surface area contributed by atoms with E-state index >= 15 is 0 Å². The molecule has 1 aromatic carbocycles. The highest BCUT2D eigenvalue weighted by Gasteiger charge is 2.35. The molecule has 1 aliphatic carbocycles. The van der Waals surface area contributed by atoms with Crippen LogP contribution >= 0.6 is 31.9 Å². The fraction of sp³-hybridized carbons (Fsp3) is 0.462. The van der Waals surface area contributed by atoms with Crippen molar-refractivity contribution in [1.29, 1.82) is 0 Å². The number of rotatable bonds is 5. The summed E-state index contributed by atoms with van der Waals surface area (Å²) in [6.07, 6.45) is 3.47. The Bertz CT molecular complexity index is 643. The third kappa shape index (κ3) is 3.85. The predicted octanol–water partition coefficient (Wildman–Crippen LogP) is 2.63. The SMILES string of the molecule is NC(=O)CN(C1CCCC1)S(=O)(=O)c1ccc(Br)cc1Br. The largest absolute Gasteiger partial charge is 0.369 e. The smallest absolute Gasteiger partial charge is 0.244 e. The third-order valence-electron chi connectivity index (χ3n) is 3.52. The molecule has 21 heavy (non-hydrogen) atoms. The van der Waals surface area contributed by atoms with E-state index in [0.717, 1.165) is 30.2 Å². The number of carbonyl (C=O) groups is 1. The number of sulfonamides is 1. The van der Waals surface area contributed by atoms with Gasteiger partial charge in [0.2, 0.25) is 15.9 Å². The van der Waals surface area contributed by atoms with Crippen LogP contribution in [0.5, 0.6) is 0 Å². The van der Waals surface area contributed by atoms with Gasteiger partial charge in [-0.2, -0.15) is 4.31 Å². The molecule has 0 bridgehead atoms. The van der Waals surface area contributed by atoms with Crippen LogP contribution in [-0.4, -0.2) is 31.2 Å². The van der Waals surface area contributed by atoms with E-state index < -0.39 is 15.9 Å². The van der Waals surface area contributed by atoms with Crippen LogP contribution in [0, 0.1) is 0 Å². The van der Waals surface area contributed by atoms with E-state index in [1.807, 2.05) is 0 Å². The highest BCUT2D eigenvalue weighted by atomic mass is 79.9. The van der Waals surface area contributed by atoms with Crippen LogP contribution in [0.1, 0.15) is 25.7 Å². The number of primary amides is 1. The van der Waals surface area contributed by atoms with E-state index in [0.29, 0.717) is 4.47 Å². The van der Waals surface area contributed by atoms with Crippen molar-refractivity contribution < 1.29 is 13.2 Å². The van der Waals surface area contributed by atoms with E-state index in [4.69, 9.17) is 5.73 Å². The topological polar surface area (TPSA) is 80.5 Å². The van der Waals surface area contributed by atoms with Gasteiger partial charge in [-0.05, 0) is 47.0 Å². The predicted molar refractivity (Wildman–Crippen MR) is 87.2 cm³/mol. The lowest BCUT2D eigenvalue weighted by Gasteiger charge is -2.27. The van der Waals surface area contributed by atoms with Crippen LogP contribution < -0.4 is 5.73 Å². The van der Waals surface area contributed by atoms with Crippen LogP contribution in [-0.2, 0) is 14.8 Å². The molecule has 1 saturated carbocycles. The Kier molecular flexibility index (Phi) is 5.45. The van der Waals surface area contributed by atoms with Crippen molar-refractivity contribution in [3.63, 3.8) is 0 Å². The lowest BCUT2D eigenvalue weighted by atomic mass is 10.2. The van der Waals surface area contributed by atoms with Crippen LogP contribution in [0.2, 0.25) is 0 Å². The van der Waals surface area contributed by atoms with Crippen LogP contribution in [0.15, 0.2) is 32.0 Å². The van der Waals surface area contributed by atoms with Crippen molar-refractivity contribution in [2.75, 3.05) is 6.54 Å². The van der Waals surface area contributed by atoms with E-state index in [-0.39, 0.29) is 17.5 Å². The van der Waals surface area contributed by atoms with Crippen molar-refractivity contribution in [2.45, 2.75) is 36.6 Å². The molecule has 116 valence electrons. The van der Waals surface area contributed by atoms with E-state index in [1.54, 1.807) is 12.1 Å². The first kappa shape index (κ1) is 16.9. The fourth-order valence-electron chi connectivity index (χ4n) is 2.57. The maximum absolute atomic E-state index is 12.9. The monoisotopic (exact) mass is 438 g/mol. The molecular formula is C13H16Br2N2O3S. The summed E-state index contributed by atoms with van der Waals surface area (Å²) in [5, 5.41) is 0. The number of carbonyl (C=O) groups excluding carboxylic acids is 1. The standard InChI is InChI=1S/C13H16Br2N2O3S/c14-9-5-6-12(11(15)7-9)21(19,20)17(8-13(16)18)10-3-1-2-4-10/h5-7,10H,1-4,8H2,(H2,16,18). The first-order valence-electron chi connectivity index (χ1n) is 6.57. The molecule has 0 aliphatic heterocycles. The van der Waals surface area contributed by atoms with Gasteiger partial charge in [0.1, 0.15) is 0 Å². The number of halogens is 2. The molecule has 2 N–H and O–H groups in total. The van der Waals surface area contributed by atoms with Gasteiger partial charge in [0, 0.05) is 15.0 Å². The summed E-state index contributed by atoms with van der Waals surface area (Å²) < 4.78 is 28.2. The van der Waals surface area contributed by atoms with E-state index in [2.05, 4.69) is 31.9 Å². The third-order valence-corrected chi connectivity index (χ3v) is 6.89. The minimum absolute atomic E-state index is 0.152. The van der Waals surface area contributed by atoms with Crippen molar-refractivity contribution in [3.05, 3.63) is 27.1 Å². The number of amides is 1. The second-order valence-corrected chi connectivity index (χ2v) is 8.66. The van der Waals surface area contributed by atoms with Gasteiger partial charge in [0.15, 0.2) is 0 Å². The Balaban J connectivity index is 2.43. The van der Waals surface area contributed by atoms with Crippen molar-refractivity contribution in [2.24, 2.45) is 5.73 Å². The molecule has 0 atom stereocenters. The summed E-state index contributed by atoms with van der Waals surface area (Å²) in [6, 6.07) is 4.70. The Morgan fingerprint density at radius 3 is 2.43 bits per heavy atom. The molecule has 0 radical (unpaired) electrons. The Morgan fingerprint density at radius 1 is 1.29 bits per heavy atom. The molecular weight excluding hydrogens is 424 g/mol. The Labute approximate surface area is 141 Å². The molecule has 0 saturated heterocycles. The molecule has 0 spiro atoms. The summed E-state index contributed by atoms with van der Waals surface area (Å²) in [5.74, 6) is -0.640. The Hall–Kier alpha value is -0.440. The normalized spacial score (nSPS) is 16.5. The lowest BCUT2D eigenvalue weighted by Crippen LogP contribution is -2.44. The second-order valence-electron chi connectivity index (χ2n) is 5.03. The fourth-order valence-corrected chi connectivity index (χ4v) is 5.93. The molecule has 0 heterocycles. The molecule has 1 amide bonds. The van der Waals surface area contributed by atoms with Gasteiger partial charge in [-0.15, -0.1) is 0 Å². The number of benzene rings is 1. The van der Waals surface area contributed by atoms with E-state index in [9.17, 15) is 13.2 Å². The molecule has 2 rings (SSSR count). The van der Waals surface area contributed by atoms with Gasteiger partial charge >= 0.3 is 0 Å². The van der Waals surface area contributed by atoms with E-state index in [1.165, 1.54) is 10.4 Å². The zero-order valence-corrected chi connectivity index (χ0v) is 15.2. The summed E-state index contributed by atoms with van der Waals surface area (Å²) in [5.41, 5.74) is 5.23. The summed E-state index contributed by atoms with van der Waals surface area (Å²) in [6.45, 7) is -0.282. The van der Waals surface area contributed by atoms with Gasteiger partial charge in [-0.1, -0.05) is 28.8 Å². The maximum atomic E-state index is 12.9. The zero-order valence-electron chi connectivity index (χ0n) is 11.3. The van der Waals surface area contributed by atoms with Gasteiger partial charge in [0.25, 0.3) is 0 Å². The second kappa shape index (κ2) is 6.76. The zero-order chi connectivity index (χ0) is 15.6. The number of hydrogen-bond acceptors (Lipinski definition) is 3. The maximum Gasteiger partial charge on any atom is 0.244 e. The first-order chi connectivity index (χ1) is 9.82. The van der Waals surface area contributed by atoms with Crippen LogP contribution in [0.3, 0.4) is 0 Å². The van der Waals surface area contributed by atoms with Crippen molar-refractivity contribution in [1.82, 2.24) is 4.31 Å². The molecule has 1 fully saturated rings. The van der Waals surface area contributed by atoms with Gasteiger partial charge < -0.3 is 5.73 Å². The Morgan fingerprint density at radius 2 is 1.90 bits per heavy atom. The molecule has 1 aromatic rings. The quantitative estimate of drug-likeness (QED) is 0.765. The number of nitrogens with two attached hydrogens (primary N) is 1. The summed E-state index contributed by atoms with van der Waals surface area (Å²) in [4.78, 5) is 11.4. The minimum atomic E-state index is -3.76. The highest BCUT2D eigenvalue weighted by Crippen LogP contribution is 2.32. The lowest BCUT2D eigenvalue weighted by molar-refractivity contribution is -0.118.